The lowest BCUT2D eigenvalue weighted by Crippen LogP contribution is -2.10. The highest BCUT2D eigenvalue weighted by molar-refractivity contribution is 6.32. The van der Waals surface area contributed by atoms with E-state index < -0.39 is 14.0 Å². The van der Waals surface area contributed by atoms with Crippen LogP contribution in [-0.4, -0.2) is 24.0 Å². The first-order valence-electron chi connectivity index (χ1n) is 1.99. The molecule has 0 unspecified atom stereocenters. The highest BCUT2D eigenvalue weighted by Gasteiger charge is 2.05. The third-order valence-corrected chi connectivity index (χ3v) is 0.189. The summed E-state index contributed by atoms with van der Waals surface area (Å²) in [5.74, 6) is 0. The Morgan fingerprint density at radius 3 is 1.89 bits per heavy atom. The van der Waals surface area contributed by atoms with E-state index in [1.54, 1.807) is 0 Å². The molecular weight excluding hydrogens is 133 g/mol. The van der Waals surface area contributed by atoms with Crippen molar-refractivity contribution in [1.82, 2.24) is 0 Å². The van der Waals surface area contributed by atoms with Crippen LogP contribution in [-0.2, 0) is 4.86 Å². The number of hydrogen-bond donors (Lipinski definition) is 2. The maximum atomic E-state index is 10.6. The molecule has 0 atom stereocenters. The van der Waals surface area contributed by atoms with Crippen molar-refractivity contribution in [3.8, 4) is 0 Å². The molecule has 0 spiro atoms. The van der Waals surface area contributed by atoms with E-state index in [0.717, 1.165) is 0 Å². The third-order valence-electron chi connectivity index (χ3n) is 0.189. The molecule has 0 heterocycles. The van der Waals surface area contributed by atoms with Gasteiger partial charge < -0.3 is 10.0 Å². The van der Waals surface area contributed by atoms with E-state index in [9.17, 15) is 8.92 Å². The first-order valence-corrected chi connectivity index (χ1v) is 1.99. The quantitative estimate of drug-likeness (QED) is 0.419. The van der Waals surface area contributed by atoms with Crippen molar-refractivity contribution in [2.75, 3.05) is 6.67 Å². The lowest BCUT2D eigenvalue weighted by Gasteiger charge is -1.78. The summed E-state index contributed by atoms with van der Waals surface area (Å²) in [4.78, 5) is 2.36. The standard InChI is InChI=1S/C3H5F.BFH2O3/c1-2-3-4;2-5-1(3)4/h2H,1,3H2;3-4H. The van der Waals surface area contributed by atoms with Crippen LogP contribution in [0.3, 0.4) is 0 Å². The first kappa shape index (κ1) is 11.4. The summed E-state index contributed by atoms with van der Waals surface area (Å²) in [5.41, 5.74) is 0. The lowest BCUT2D eigenvalue weighted by atomic mass is 10.3. The second-order valence-electron chi connectivity index (χ2n) is 0.858. The summed E-state index contributed by atoms with van der Waals surface area (Å²) in [6.45, 7) is 2.69. The van der Waals surface area contributed by atoms with E-state index in [1.807, 2.05) is 0 Å². The third kappa shape index (κ3) is 35.8. The molecule has 0 amide bonds. The van der Waals surface area contributed by atoms with Crippen molar-refractivity contribution in [3.63, 3.8) is 0 Å². The molecular formula is C3H7BF2O3. The number of allylic oxidation sites excluding steroid dienone is 1. The molecule has 54 valence electrons. The van der Waals surface area contributed by atoms with Crippen LogP contribution < -0.4 is 0 Å². The normalized spacial score (nSPS) is 7.11. The van der Waals surface area contributed by atoms with Crippen LogP contribution in [0.25, 0.3) is 0 Å². The van der Waals surface area contributed by atoms with Crippen LogP contribution in [0.5, 0.6) is 0 Å². The number of rotatable bonds is 2. The minimum Gasteiger partial charge on any atom is -0.400 e. The van der Waals surface area contributed by atoms with Gasteiger partial charge in [0.1, 0.15) is 6.67 Å². The van der Waals surface area contributed by atoms with Gasteiger partial charge in [-0.2, -0.15) is 4.86 Å². The van der Waals surface area contributed by atoms with E-state index in [-0.39, 0.29) is 0 Å². The summed E-state index contributed by atoms with van der Waals surface area (Å²) in [7, 11) is -2.28. The molecule has 0 aromatic heterocycles. The van der Waals surface area contributed by atoms with Crippen molar-refractivity contribution in [1.29, 1.82) is 0 Å². The number of hydrogen-bond acceptors (Lipinski definition) is 3. The predicted molar refractivity (Wildman–Crippen MR) is 28.6 cm³/mol. The second kappa shape index (κ2) is 10.5. The maximum absolute atomic E-state index is 10.6. The summed E-state index contributed by atoms with van der Waals surface area (Å²) >= 11 is 0. The van der Waals surface area contributed by atoms with E-state index in [0.29, 0.717) is 0 Å². The zero-order valence-electron chi connectivity index (χ0n) is 4.63. The summed E-state index contributed by atoms with van der Waals surface area (Å²) in [6.07, 6.45) is 1.21. The highest BCUT2D eigenvalue weighted by Crippen LogP contribution is 1.68. The zero-order valence-corrected chi connectivity index (χ0v) is 4.63. The fourth-order valence-electron chi connectivity index (χ4n) is 0. The van der Waals surface area contributed by atoms with Crippen LogP contribution in [0.2, 0.25) is 0 Å². The van der Waals surface area contributed by atoms with Crippen molar-refractivity contribution >= 4 is 7.32 Å². The zero-order chi connectivity index (χ0) is 7.70. The Kier molecular flexibility index (Phi) is 13.3. The smallest absolute Gasteiger partial charge is 0.400 e. The molecule has 0 aliphatic rings. The molecule has 0 saturated carbocycles. The minimum atomic E-state index is -2.28. The Bertz CT molecular complexity index is 61.0. The molecule has 0 rings (SSSR count). The molecule has 0 aromatic rings. The summed E-state index contributed by atoms with van der Waals surface area (Å²) in [5, 5.41) is 14.6. The van der Waals surface area contributed by atoms with Gasteiger partial charge in [-0.1, -0.05) is 10.6 Å². The predicted octanol–water partition coefficient (Wildman–Crippen LogP) is -0.00110. The van der Waals surface area contributed by atoms with E-state index >= 15 is 0 Å². The molecule has 0 aliphatic heterocycles. The van der Waals surface area contributed by atoms with Gasteiger partial charge in [-0.25, -0.2) is 4.39 Å². The first-order chi connectivity index (χ1) is 4.18. The molecule has 6 heteroatoms. The molecule has 0 fully saturated rings. The molecule has 0 saturated heterocycles. The van der Waals surface area contributed by atoms with Gasteiger partial charge in [0.15, 0.2) is 0 Å². The van der Waals surface area contributed by atoms with Crippen molar-refractivity contribution in [2.45, 2.75) is 0 Å². The molecule has 9 heavy (non-hydrogen) atoms. The van der Waals surface area contributed by atoms with E-state index in [2.05, 4.69) is 11.4 Å². The van der Waals surface area contributed by atoms with Gasteiger partial charge in [0, 0.05) is 0 Å². The van der Waals surface area contributed by atoms with Crippen molar-refractivity contribution < 1.29 is 23.8 Å². The Morgan fingerprint density at radius 1 is 1.67 bits per heavy atom. The Morgan fingerprint density at radius 2 is 1.89 bits per heavy atom. The topological polar surface area (TPSA) is 49.7 Å². The molecule has 2 N–H and O–H groups in total. The minimum absolute atomic E-state index is 0.417. The Balaban J connectivity index is 0. The van der Waals surface area contributed by atoms with Crippen molar-refractivity contribution in [3.05, 3.63) is 12.7 Å². The Hall–Kier alpha value is -0.455. The van der Waals surface area contributed by atoms with E-state index in [4.69, 9.17) is 10.0 Å². The second-order valence-corrected chi connectivity index (χ2v) is 0.858. The molecule has 3 nitrogen and oxygen atoms in total. The maximum Gasteiger partial charge on any atom is 0.667 e. The number of alkyl halides is 1. The van der Waals surface area contributed by atoms with Crippen molar-refractivity contribution in [2.24, 2.45) is 0 Å². The average Bonchev–Trinajstić information content (AvgIpc) is 1.89. The lowest BCUT2D eigenvalue weighted by molar-refractivity contribution is -0.0560. The average molecular weight is 140 g/mol. The molecule has 0 bridgehead atoms. The van der Waals surface area contributed by atoms with E-state index in [1.165, 1.54) is 6.08 Å². The fraction of sp³-hybridized carbons (Fsp3) is 0.333. The number of halogens is 2. The van der Waals surface area contributed by atoms with Crippen LogP contribution >= 0.6 is 0 Å². The Labute approximate surface area is 51.6 Å². The largest absolute Gasteiger partial charge is 0.667 e. The van der Waals surface area contributed by atoms with Gasteiger partial charge in [-0.3, -0.25) is 0 Å². The van der Waals surface area contributed by atoms with Crippen LogP contribution in [0, 0.1) is 0 Å². The van der Waals surface area contributed by atoms with Gasteiger partial charge in [0.05, 0.1) is 0 Å². The van der Waals surface area contributed by atoms with Crippen LogP contribution in [0.1, 0.15) is 0 Å². The summed E-state index contributed by atoms with van der Waals surface area (Å²) < 4.78 is 20.7. The monoisotopic (exact) mass is 140 g/mol. The molecule has 0 radical (unpaired) electrons. The van der Waals surface area contributed by atoms with Gasteiger partial charge in [0.2, 0.25) is 0 Å². The van der Waals surface area contributed by atoms with Gasteiger partial charge in [-0.15, -0.1) is 6.58 Å². The fourth-order valence-corrected chi connectivity index (χ4v) is 0. The van der Waals surface area contributed by atoms with Gasteiger partial charge in [-0.05, 0) is 0 Å². The van der Waals surface area contributed by atoms with Gasteiger partial charge >= 0.3 is 7.32 Å². The van der Waals surface area contributed by atoms with Crippen LogP contribution in [0.15, 0.2) is 12.7 Å². The SMILES string of the molecule is C=CCF.OB(O)OF. The van der Waals surface area contributed by atoms with Gasteiger partial charge in [0.25, 0.3) is 0 Å². The molecule has 0 aliphatic carbocycles. The molecule has 0 aromatic carbocycles. The highest BCUT2D eigenvalue weighted by atomic mass is 19.3. The summed E-state index contributed by atoms with van der Waals surface area (Å²) in [6, 6.07) is 0. The van der Waals surface area contributed by atoms with Crippen LogP contribution in [0.4, 0.5) is 8.92 Å².